The Balaban J connectivity index is 1.95. The summed E-state index contributed by atoms with van der Waals surface area (Å²) < 4.78 is 35.7. The van der Waals surface area contributed by atoms with Crippen molar-refractivity contribution in [1.29, 1.82) is 0 Å². The first-order valence-corrected chi connectivity index (χ1v) is 10.3. The summed E-state index contributed by atoms with van der Waals surface area (Å²) in [5.74, 6) is -1.20. The normalized spacial score (nSPS) is 21.6. The molecule has 2 N–H and O–H groups in total. The van der Waals surface area contributed by atoms with Gasteiger partial charge in [0.2, 0.25) is 5.91 Å². The standard InChI is InChI=1S/C15H15N3O8S2/c1-8(19)25-6-9-7-27-14-12(16)13(20)17(14)15(9)28(23,24)26-11-4-2-10(3-5-11)18(21)22/h2-5,12,14H,6-7,16H2,1H3/t12-,14-/m0/s1. The Morgan fingerprint density at radius 3 is 2.61 bits per heavy atom. The number of carbonyl (C=O) groups excluding carboxylic acids is 2. The predicted molar refractivity (Wildman–Crippen MR) is 97.4 cm³/mol. The van der Waals surface area contributed by atoms with Crippen molar-refractivity contribution < 1.29 is 31.9 Å². The van der Waals surface area contributed by atoms with E-state index in [0.29, 0.717) is 0 Å². The van der Waals surface area contributed by atoms with Crippen LogP contribution >= 0.6 is 11.8 Å². The lowest BCUT2D eigenvalue weighted by Crippen LogP contribution is -2.68. The van der Waals surface area contributed by atoms with E-state index in [1.54, 1.807) is 0 Å². The van der Waals surface area contributed by atoms with Crippen molar-refractivity contribution in [3.63, 3.8) is 0 Å². The SMILES string of the molecule is CC(=O)OCC1=C(S(=O)(=O)Oc2ccc([N+](=O)[O-])cc2)N2C(=O)[C@H](N)[C@@H]2SC1. The van der Waals surface area contributed by atoms with Gasteiger partial charge in [-0.05, 0) is 12.1 Å². The number of fused-ring (bicyclic) bond motifs is 1. The lowest BCUT2D eigenvalue weighted by atomic mass is 10.1. The molecule has 1 saturated heterocycles. The van der Waals surface area contributed by atoms with Gasteiger partial charge in [0.15, 0.2) is 5.03 Å². The van der Waals surface area contributed by atoms with Crippen molar-refractivity contribution in [2.24, 2.45) is 5.73 Å². The van der Waals surface area contributed by atoms with E-state index in [-0.39, 0.29) is 29.4 Å². The lowest BCUT2D eigenvalue weighted by Gasteiger charge is -2.48. The molecule has 0 saturated carbocycles. The van der Waals surface area contributed by atoms with Gasteiger partial charge in [-0.3, -0.25) is 24.6 Å². The number of non-ortho nitro benzene ring substituents is 1. The van der Waals surface area contributed by atoms with E-state index in [9.17, 15) is 28.1 Å². The predicted octanol–water partition coefficient (Wildman–Crippen LogP) is 0.320. The number of nitro benzene ring substituents is 1. The summed E-state index contributed by atoms with van der Waals surface area (Å²) in [6.07, 6.45) is 0. The minimum Gasteiger partial charge on any atom is -0.461 e. The van der Waals surface area contributed by atoms with Gasteiger partial charge in [0, 0.05) is 30.4 Å². The Morgan fingerprint density at radius 1 is 1.39 bits per heavy atom. The van der Waals surface area contributed by atoms with Crippen molar-refractivity contribution >= 4 is 39.4 Å². The Bertz CT molecular complexity index is 974. The summed E-state index contributed by atoms with van der Waals surface area (Å²) in [4.78, 5) is 34.4. The number of β-lactam (4-membered cyclic amide) rings is 1. The molecule has 2 aliphatic heterocycles. The molecule has 0 radical (unpaired) electrons. The molecule has 1 aromatic rings. The van der Waals surface area contributed by atoms with E-state index < -0.39 is 43.4 Å². The second-order valence-corrected chi connectivity index (χ2v) is 8.48. The molecule has 0 bridgehead atoms. The highest BCUT2D eigenvalue weighted by Crippen LogP contribution is 2.42. The van der Waals surface area contributed by atoms with E-state index in [1.807, 2.05) is 0 Å². The molecular formula is C15H15N3O8S2. The van der Waals surface area contributed by atoms with E-state index in [1.165, 1.54) is 18.7 Å². The smallest absolute Gasteiger partial charge is 0.355 e. The van der Waals surface area contributed by atoms with E-state index >= 15 is 0 Å². The van der Waals surface area contributed by atoms with Gasteiger partial charge in [-0.15, -0.1) is 11.8 Å². The van der Waals surface area contributed by atoms with Crippen LogP contribution in [0.25, 0.3) is 0 Å². The first kappa shape index (κ1) is 20.1. The van der Waals surface area contributed by atoms with Crippen LogP contribution < -0.4 is 9.92 Å². The molecule has 1 amide bonds. The van der Waals surface area contributed by atoms with Crippen LogP contribution in [0, 0.1) is 10.1 Å². The average Bonchev–Trinajstić information content (AvgIpc) is 2.64. The highest BCUT2D eigenvalue weighted by molar-refractivity contribution is 8.00. The third kappa shape index (κ3) is 3.68. The minimum absolute atomic E-state index is 0.169. The van der Waals surface area contributed by atoms with Crippen LogP contribution in [-0.4, -0.2) is 53.9 Å². The monoisotopic (exact) mass is 429 g/mol. The first-order chi connectivity index (χ1) is 13.1. The fourth-order valence-electron chi connectivity index (χ4n) is 2.68. The number of amides is 1. The van der Waals surface area contributed by atoms with Crippen LogP contribution in [0.4, 0.5) is 5.69 Å². The highest BCUT2D eigenvalue weighted by Gasteiger charge is 2.54. The maximum Gasteiger partial charge on any atom is 0.355 e. The minimum atomic E-state index is -4.50. The number of nitrogens with zero attached hydrogens (tertiary/aromatic N) is 2. The molecule has 11 nitrogen and oxygen atoms in total. The molecule has 13 heteroatoms. The molecule has 2 aliphatic rings. The molecule has 2 heterocycles. The molecular weight excluding hydrogens is 414 g/mol. The quantitative estimate of drug-likeness (QED) is 0.219. The summed E-state index contributed by atoms with van der Waals surface area (Å²) in [5.41, 5.74) is 5.67. The highest BCUT2D eigenvalue weighted by atomic mass is 32.2. The molecule has 150 valence electrons. The average molecular weight is 429 g/mol. The van der Waals surface area contributed by atoms with Gasteiger partial charge < -0.3 is 14.7 Å². The third-order valence-corrected chi connectivity index (χ3v) is 6.71. The zero-order valence-corrected chi connectivity index (χ0v) is 16.1. The van der Waals surface area contributed by atoms with Crippen LogP contribution in [0.3, 0.4) is 0 Å². The van der Waals surface area contributed by atoms with Crippen LogP contribution in [-0.2, 0) is 24.4 Å². The maximum atomic E-state index is 12.9. The van der Waals surface area contributed by atoms with E-state index in [4.69, 9.17) is 14.7 Å². The summed E-state index contributed by atoms with van der Waals surface area (Å²) >= 11 is 1.25. The van der Waals surface area contributed by atoms with Gasteiger partial charge in [-0.25, -0.2) is 0 Å². The Labute approximate surface area is 163 Å². The van der Waals surface area contributed by atoms with Gasteiger partial charge in [-0.1, -0.05) is 0 Å². The molecule has 1 fully saturated rings. The van der Waals surface area contributed by atoms with Crippen LogP contribution in [0.5, 0.6) is 5.75 Å². The van der Waals surface area contributed by atoms with Gasteiger partial charge >= 0.3 is 16.1 Å². The largest absolute Gasteiger partial charge is 0.461 e. The third-order valence-electron chi connectivity index (χ3n) is 3.97. The molecule has 28 heavy (non-hydrogen) atoms. The number of carbonyl (C=O) groups is 2. The molecule has 1 aromatic carbocycles. The fraction of sp³-hybridized carbons (Fsp3) is 0.333. The van der Waals surface area contributed by atoms with Gasteiger partial charge in [0.25, 0.3) is 5.69 Å². The molecule has 0 unspecified atom stereocenters. The number of benzene rings is 1. The van der Waals surface area contributed by atoms with E-state index in [2.05, 4.69) is 0 Å². The molecule has 2 atom stereocenters. The molecule has 3 rings (SSSR count). The number of rotatable bonds is 6. The van der Waals surface area contributed by atoms with Crippen molar-refractivity contribution in [3.05, 3.63) is 45.0 Å². The second kappa shape index (κ2) is 7.41. The number of nitrogens with two attached hydrogens (primary N) is 1. The summed E-state index contributed by atoms with van der Waals surface area (Å²) in [7, 11) is -4.50. The van der Waals surface area contributed by atoms with Crippen molar-refractivity contribution in [3.8, 4) is 5.75 Å². The zero-order chi connectivity index (χ0) is 20.6. The lowest BCUT2D eigenvalue weighted by molar-refractivity contribution is -0.384. The van der Waals surface area contributed by atoms with Gasteiger partial charge in [0.1, 0.15) is 23.8 Å². The number of hydrogen-bond donors (Lipinski definition) is 1. The van der Waals surface area contributed by atoms with Crippen molar-refractivity contribution in [2.45, 2.75) is 18.3 Å². The maximum absolute atomic E-state index is 12.9. The van der Waals surface area contributed by atoms with Crippen LogP contribution in [0.1, 0.15) is 6.92 Å². The topological polar surface area (TPSA) is 159 Å². The van der Waals surface area contributed by atoms with Crippen LogP contribution in [0.15, 0.2) is 34.9 Å². The van der Waals surface area contributed by atoms with Crippen LogP contribution in [0.2, 0.25) is 0 Å². The number of thioether (sulfide) groups is 1. The summed E-state index contributed by atoms with van der Waals surface area (Å²) in [5, 5.41) is 9.72. The summed E-state index contributed by atoms with van der Waals surface area (Å²) in [6, 6.07) is 3.58. The zero-order valence-electron chi connectivity index (χ0n) is 14.4. The molecule has 0 spiro atoms. The van der Waals surface area contributed by atoms with Gasteiger partial charge in [-0.2, -0.15) is 8.42 Å². The molecule has 0 aromatic heterocycles. The number of ether oxygens (including phenoxy) is 1. The Morgan fingerprint density at radius 2 is 2.04 bits per heavy atom. The number of hydrogen-bond acceptors (Lipinski definition) is 10. The molecule has 0 aliphatic carbocycles. The van der Waals surface area contributed by atoms with Crippen molar-refractivity contribution in [2.75, 3.05) is 12.4 Å². The number of esters is 1. The van der Waals surface area contributed by atoms with E-state index in [0.717, 1.165) is 29.2 Å². The fourth-order valence-corrected chi connectivity index (χ4v) is 5.48. The van der Waals surface area contributed by atoms with Gasteiger partial charge in [0.05, 0.1) is 4.92 Å². The number of nitro groups is 1. The Kier molecular flexibility index (Phi) is 5.32. The Hall–Kier alpha value is -2.64. The van der Waals surface area contributed by atoms with Crippen molar-refractivity contribution in [1.82, 2.24) is 4.90 Å². The summed E-state index contributed by atoms with van der Waals surface area (Å²) in [6.45, 7) is 0.845. The first-order valence-electron chi connectivity index (χ1n) is 7.86. The second-order valence-electron chi connectivity index (χ2n) is 5.91.